The first-order chi connectivity index (χ1) is 9.70. The van der Waals surface area contributed by atoms with Crippen LogP contribution in [-0.4, -0.2) is 20.2 Å². The highest BCUT2D eigenvalue weighted by atomic mass is 32.2. The molecule has 3 aromatic rings. The van der Waals surface area contributed by atoms with Crippen molar-refractivity contribution in [2.75, 3.05) is 5.73 Å². The molecule has 0 aliphatic heterocycles. The van der Waals surface area contributed by atoms with Crippen LogP contribution < -0.4 is 5.73 Å². The molecule has 0 radical (unpaired) electrons. The summed E-state index contributed by atoms with van der Waals surface area (Å²) >= 11 is 2.97. The van der Waals surface area contributed by atoms with Crippen molar-refractivity contribution < 1.29 is 0 Å². The molecule has 0 amide bonds. The Hall–Kier alpha value is -1.99. The molecule has 0 unspecified atom stereocenters. The van der Waals surface area contributed by atoms with E-state index in [1.165, 1.54) is 23.1 Å². The van der Waals surface area contributed by atoms with E-state index in [0.29, 0.717) is 11.6 Å². The van der Waals surface area contributed by atoms with Gasteiger partial charge in [0, 0.05) is 11.6 Å². The van der Waals surface area contributed by atoms with Gasteiger partial charge in [-0.3, -0.25) is 0 Å². The maximum Gasteiger partial charge on any atom is 0.180 e. The third-order valence-electron chi connectivity index (χ3n) is 2.45. The smallest absolute Gasteiger partial charge is 0.180 e. The monoisotopic (exact) mass is 301 g/mol. The van der Waals surface area contributed by atoms with Crippen molar-refractivity contribution in [1.29, 1.82) is 0 Å². The molecule has 5 nitrogen and oxygen atoms in total. The molecule has 0 aliphatic carbocycles. The molecule has 2 heterocycles. The molecule has 0 fully saturated rings. The molecule has 3 rings (SSSR count). The zero-order chi connectivity index (χ0) is 13.9. The zero-order valence-electron chi connectivity index (χ0n) is 10.6. The van der Waals surface area contributed by atoms with Crippen molar-refractivity contribution in [3.63, 3.8) is 0 Å². The summed E-state index contributed by atoms with van der Waals surface area (Å²) in [5.41, 5.74) is 6.80. The van der Waals surface area contributed by atoms with Gasteiger partial charge in [0.25, 0.3) is 0 Å². The molecule has 2 aromatic heterocycles. The summed E-state index contributed by atoms with van der Waals surface area (Å²) in [5.74, 6) is 1.07. The number of nitrogens with zero attached hydrogens (tertiary/aromatic N) is 4. The van der Waals surface area contributed by atoms with E-state index in [-0.39, 0.29) is 0 Å². The van der Waals surface area contributed by atoms with E-state index in [1.54, 1.807) is 6.07 Å². The maximum atomic E-state index is 5.86. The van der Waals surface area contributed by atoms with Crippen LogP contribution in [0.3, 0.4) is 0 Å². The fourth-order valence-corrected chi connectivity index (χ4v) is 3.39. The second-order valence-electron chi connectivity index (χ2n) is 4.01. The third kappa shape index (κ3) is 2.94. The molecule has 2 N–H and O–H groups in total. The van der Waals surface area contributed by atoms with Crippen LogP contribution >= 0.6 is 23.1 Å². The van der Waals surface area contributed by atoms with Gasteiger partial charge in [0.2, 0.25) is 0 Å². The zero-order valence-corrected chi connectivity index (χ0v) is 12.3. The van der Waals surface area contributed by atoms with Crippen LogP contribution in [0.25, 0.3) is 11.4 Å². The highest BCUT2D eigenvalue weighted by Crippen LogP contribution is 2.30. The fourth-order valence-electron chi connectivity index (χ4n) is 1.62. The number of hydrogen-bond donors (Lipinski definition) is 1. The Morgan fingerprint density at radius 3 is 2.60 bits per heavy atom. The van der Waals surface area contributed by atoms with Crippen LogP contribution in [0.1, 0.15) is 5.01 Å². The van der Waals surface area contributed by atoms with E-state index in [4.69, 9.17) is 5.73 Å². The van der Waals surface area contributed by atoms with E-state index >= 15 is 0 Å². The summed E-state index contributed by atoms with van der Waals surface area (Å²) in [6, 6.07) is 11.5. The maximum absolute atomic E-state index is 5.86. The first-order valence-corrected chi connectivity index (χ1v) is 7.52. The van der Waals surface area contributed by atoms with E-state index in [9.17, 15) is 0 Å². The number of rotatable bonds is 3. The lowest BCUT2D eigenvalue weighted by atomic mass is 10.2. The second-order valence-corrected chi connectivity index (χ2v) is 6.46. The predicted octanol–water partition coefficient (Wildman–Crippen LogP) is 3.04. The average molecular weight is 301 g/mol. The molecule has 0 saturated carbocycles. The van der Waals surface area contributed by atoms with Gasteiger partial charge in [0.1, 0.15) is 15.9 Å². The van der Waals surface area contributed by atoms with Crippen LogP contribution in [0.2, 0.25) is 0 Å². The minimum atomic E-state index is 0.447. The molecule has 0 aliphatic rings. The molecule has 20 heavy (non-hydrogen) atoms. The first kappa shape index (κ1) is 13.0. The lowest BCUT2D eigenvalue weighted by molar-refractivity contribution is 0.979. The van der Waals surface area contributed by atoms with E-state index < -0.39 is 0 Å². The number of aryl methyl sites for hydroxylation is 1. The molecule has 0 spiro atoms. The minimum absolute atomic E-state index is 0.447. The second kappa shape index (κ2) is 5.56. The summed E-state index contributed by atoms with van der Waals surface area (Å²) < 4.78 is 0.847. The Balaban J connectivity index is 1.94. The van der Waals surface area contributed by atoms with Gasteiger partial charge < -0.3 is 5.73 Å². The summed E-state index contributed by atoms with van der Waals surface area (Å²) in [6.45, 7) is 1.92. The molecule has 0 saturated heterocycles. The van der Waals surface area contributed by atoms with Gasteiger partial charge in [0.05, 0.1) is 0 Å². The molecule has 0 bridgehead atoms. The lowest BCUT2D eigenvalue weighted by Crippen LogP contribution is -1.97. The Labute approximate surface area is 124 Å². The highest BCUT2D eigenvalue weighted by Gasteiger charge is 2.09. The van der Waals surface area contributed by atoms with E-state index in [2.05, 4.69) is 20.2 Å². The van der Waals surface area contributed by atoms with Crippen molar-refractivity contribution in [2.24, 2.45) is 0 Å². The van der Waals surface area contributed by atoms with Crippen molar-refractivity contribution in [3.8, 4) is 11.4 Å². The van der Waals surface area contributed by atoms with Crippen LogP contribution in [-0.2, 0) is 0 Å². The van der Waals surface area contributed by atoms with Gasteiger partial charge in [-0.2, -0.15) is 0 Å². The molecule has 0 atom stereocenters. The summed E-state index contributed by atoms with van der Waals surface area (Å²) in [5, 5.41) is 9.76. The van der Waals surface area contributed by atoms with Crippen molar-refractivity contribution >= 4 is 28.9 Å². The molecule has 7 heteroatoms. The molecular formula is C13H11N5S2. The van der Waals surface area contributed by atoms with Gasteiger partial charge in [-0.25, -0.2) is 9.97 Å². The molecule has 1 aromatic carbocycles. The number of aromatic nitrogens is 4. The van der Waals surface area contributed by atoms with Crippen LogP contribution in [0.15, 0.2) is 45.8 Å². The van der Waals surface area contributed by atoms with E-state index in [0.717, 1.165) is 19.9 Å². The highest BCUT2D eigenvalue weighted by molar-refractivity contribution is 8.01. The standard InChI is InChI=1S/C13H11N5S2/c1-8-17-18-13(19-8)20-11-7-10(14)15-12(16-11)9-5-3-2-4-6-9/h2-7H,1H3,(H2,14,15,16). The van der Waals surface area contributed by atoms with Gasteiger partial charge in [-0.15, -0.1) is 10.2 Å². The number of benzene rings is 1. The van der Waals surface area contributed by atoms with Gasteiger partial charge in [-0.1, -0.05) is 41.7 Å². The van der Waals surface area contributed by atoms with Gasteiger partial charge in [-0.05, 0) is 18.7 Å². The van der Waals surface area contributed by atoms with Crippen molar-refractivity contribution in [2.45, 2.75) is 16.3 Å². The number of anilines is 1. The molecule has 100 valence electrons. The Kier molecular flexibility index (Phi) is 3.62. The quantitative estimate of drug-likeness (QED) is 0.749. The number of hydrogen-bond acceptors (Lipinski definition) is 7. The average Bonchev–Trinajstić information content (AvgIpc) is 2.84. The predicted molar refractivity (Wildman–Crippen MR) is 80.6 cm³/mol. The summed E-state index contributed by atoms with van der Waals surface area (Å²) in [7, 11) is 0. The van der Waals surface area contributed by atoms with Crippen LogP contribution in [0, 0.1) is 6.92 Å². The Bertz CT molecular complexity index is 727. The van der Waals surface area contributed by atoms with Crippen LogP contribution in [0.4, 0.5) is 5.82 Å². The molecular weight excluding hydrogens is 290 g/mol. The third-order valence-corrected chi connectivity index (χ3v) is 4.26. The summed E-state index contributed by atoms with van der Waals surface area (Å²) in [6.07, 6.45) is 0. The fraction of sp³-hybridized carbons (Fsp3) is 0.0769. The van der Waals surface area contributed by atoms with Gasteiger partial charge >= 0.3 is 0 Å². The Morgan fingerprint density at radius 2 is 1.90 bits per heavy atom. The Morgan fingerprint density at radius 1 is 1.10 bits per heavy atom. The van der Waals surface area contributed by atoms with Crippen LogP contribution in [0.5, 0.6) is 0 Å². The van der Waals surface area contributed by atoms with E-state index in [1.807, 2.05) is 37.3 Å². The van der Waals surface area contributed by atoms with Crippen molar-refractivity contribution in [3.05, 3.63) is 41.4 Å². The largest absolute Gasteiger partial charge is 0.384 e. The summed E-state index contributed by atoms with van der Waals surface area (Å²) in [4.78, 5) is 8.79. The number of nitrogens with two attached hydrogens (primary N) is 1. The normalized spacial score (nSPS) is 10.7. The first-order valence-electron chi connectivity index (χ1n) is 5.88. The topological polar surface area (TPSA) is 77.6 Å². The minimum Gasteiger partial charge on any atom is -0.384 e. The number of nitrogen functional groups attached to an aromatic ring is 1. The van der Waals surface area contributed by atoms with Crippen molar-refractivity contribution in [1.82, 2.24) is 20.2 Å². The van der Waals surface area contributed by atoms with Gasteiger partial charge in [0.15, 0.2) is 10.2 Å². The SMILES string of the molecule is Cc1nnc(Sc2cc(N)nc(-c3ccccc3)n2)s1. The lowest BCUT2D eigenvalue weighted by Gasteiger charge is -2.04.